The Bertz CT molecular complexity index is 405. The Hall–Kier alpha value is -1.13. The van der Waals surface area contributed by atoms with Gasteiger partial charge in [-0.1, -0.05) is 0 Å². The fourth-order valence-corrected chi connectivity index (χ4v) is 2.05. The average Bonchev–Trinajstić information content (AvgIpc) is 2.71. The van der Waals surface area contributed by atoms with Crippen LogP contribution in [0.15, 0.2) is 17.6 Å². The van der Waals surface area contributed by atoms with E-state index in [1.807, 2.05) is 12.3 Å². The molecule has 0 bridgehead atoms. The number of aromatic nitrogens is 2. The molecule has 0 saturated carbocycles. The van der Waals surface area contributed by atoms with E-state index in [1.165, 1.54) is 5.56 Å². The summed E-state index contributed by atoms with van der Waals surface area (Å²) in [5.41, 5.74) is 1.96. The van der Waals surface area contributed by atoms with Gasteiger partial charge in [-0.25, -0.2) is 4.98 Å². The molecule has 0 aliphatic rings. The van der Waals surface area contributed by atoms with Gasteiger partial charge < -0.3 is 10.1 Å². The van der Waals surface area contributed by atoms with Crippen molar-refractivity contribution in [3.63, 3.8) is 0 Å². The first kappa shape index (κ1) is 8.47. The van der Waals surface area contributed by atoms with E-state index in [1.54, 1.807) is 17.5 Å². The highest BCUT2D eigenvalue weighted by Crippen LogP contribution is 2.26. The molecule has 4 heteroatoms. The van der Waals surface area contributed by atoms with Crippen molar-refractivity contribution >= 4 is 11.3 Å². The fourth-order valence-electron chi connectivity index (χ4n) is 1.17. The van der Waals surface area contributed by atoms with Crippen molar-refractivity contribution in [2.45, 2.75) is 13.5 Å². The number of nitrogens with one attached hydrogen (secondary N) is 1. The SMILES string of the molecule is Cc1ccsc1-c1ncc(CO)[nH]1. The van der Waals surface area contributed by atoms with Crippen molar-refractivity contribution in [2.24, 2.45) is 0 Å². The molecule has 0 aliphatic carbocycles. The van der Waals surface area contributed by atoms with E-state index in [9.17, 15) is 0 Å². The molecule has 0 atom stereocenters. The van der Waals surface area contributed by atoms with Gasteiger partial charge in [-0.15, -0.1) is 11.3 Å². The van der Waals surface area contributed by atoms with Crippen LogP contribution in [0.2, 0.25) is 0 Å². The van der Waals surface area contributed by atoms with Gasteiger partial charge >= 0.3 is 0 Å². The lowest BCUT2D eigenvalue weighted by molar-refractivity contribution is 0.277. The zero-order valence-electron chi connectivity index (χ0n) is 7.24. The second-order valence-electron chi connectivity index (χ2n) is 2.85. The minimum Gasteiger partial charge on any atom is -0.390 e. The van der Waals surface area contributed by atoms with Crippen LogP contribution in [0.5, 0.6) is 0 Å². The third kappa shape index (κ3) is 1.50. The number of thiophene rings is 1. The predicted octanol–water partition coefficient (Wildman–Crippen LogP) is 1.94. The molecule has 2 rings (SSSR count). The number of aryl methyl sites for hydroxylation is 1. The molecule has 0 aromatic carbocycles. The lowest BCUT2D eigenvalue weighted by Crippen LogP contribution is -1.82. The highest BCUT2D eigenvalue weighted by Gasteiger charge is 2.06. The van der Waals surface area contributed by atoms with Gasteiger partial charge in [-0.05, 0) is 23.9 Å². The number of H-pyrrole nitrogens is 1. The third-order valence-corrected chi connectivity index (χ3v) is 2.90. The first-order chi connectivity index (χ1) is 6.31. The lowest BCUT2D eigenvalue weighted by Gasteiger charge is -1.92. The Morgan fingerprint density at radius 3 is 3.00 bits per heavy atom. The number of hydrogen-bond donors (Lipinski definition) is 2. The zero-order valence-corrected chi connectivity index (χ0v) is 8.06. The van der Waals surface area contributed by atoms with Crippen LogP contribution in [0.1, 0.15) is 11.3 Å². The molecular weight excluding hydrogens is 184 g/mol. The quantitative estimate of drug-likeness (QED) is 0.767. The normalized spacial score (nSPS) is 10.6. The largest absolute Gasteiger partial charge is 0.390 e. The summed E-state index contributed by atoms with van der Waals surface area (Å²) in [6, 6.07) is 2.06. The highest BCUT2D eigenvalue weighted by molar-refractivity contribution is 7.13. The van der Waals surface area contributed by atoms with Crippen molar-refractivity contribution in [1.82, 2.24) is 9.97 Å². The Balaban J connectivity index is 2.41. The fraction of sp³-hybridized carbons (Fsp3) is 0.222. The summed E-state index contributed by atoms with van der Waals surface area (Å²) in [5.74, 6) is 0.844. The molecule has 0 radical (unpaired) electrons. The monoisotopic (exact) mass is 194 g/mol. The van der Waals surface area contributed by atoms with E-state index in [4.69, 9.17) is 5.11 Å². The van der Waals surface area contributed by atoms with E-state index in [2.05, 4.69) is 16.0 Å². The van der Waals surface area contributed by atoms with Crippen LogP contribution < -0.4 is 0 Å². The van der Waals surface area contributed by atoms with E-state index >= 15 is 0 Å². The highest BCUT2D eigenvalue weighted by atomic mass is 32.1. The number of aliphatic hydroxyl groups excluding tert-OH is 1. The molecule has 0 fully saturated rings. The van der Waals surface area contributed by atoms with Gasteiger partial charge in [0.2, 0.25) is 0 Å². The summed E-state index contributed by atoms with van der Waals surface area (Å²) in [7, 11) is 0. The average molecular weight is 194 g/mol. The maximum Gasteiger partial charge on any atom is 0.147 e. The molecule has 0 amide bonds. The Kier molecular flexibility index (Phi) is 2.16. The molecule has 68 valence electrons. The van der Waals surface area contributed by atoms with Gasteiger partial charge in [0.1, 0.15) is 5.82 Å². The van der Waals surface area contributed by atoms with Crippen LogP contribution in [-0.4, -0.2) is 15.1 Å². The molecule has 0 spiro atoms. The summed E-state index contributed by atoms with van der Waals surface area (Å²) < 4.78 is 0. The number of hydrogen-bond acceptors (Lipinski definition) is 3. The molecule has 2 N–H and O–H groups in total. The Labute approximate surface area is 80.1 Å². The van der Waals surface area contributed by atoms with Crippen LogP contribution in [0.3, 0.4) is 0 Å². The van der Waals surface area contributed by atoms with Gasteiger partial charge in [-0.3, -0.25) is 0 Å². The second kappa shape index (κ2) is 3.32. The summed E-state index contributed by atoms with van der Waals surface area (Å²) in [5, 5.41) is 10.9. The molecule has 0 saturated heterocycles. The van der Waals surface area contributed by atoms with Crippen LogP contribution in [0.25, 0.3) is 10.7 Å². The smallest absolute Gasteiger partial charge is 0.147 e. The van der Waals surface area contributed by atoms with E-state index in [-0.39, 0.29) is 6.61 Å². The molecule has 13 heavy (non-hydrogen) atoms. The standard InChI is InChI=1S/C9H10N2OS/c1-6-2-3-13-8(6)9-10-4-7(5-12)11-9/h2-4,12H,5H2,1H3,(H,10,11). The van der Waals surface area contributed by atoms with Gasteiger partial charge in [0.25, 0.3) is 0 Å². The predicted molar refractivity (Wildman–Crippen MR) is 52.6 cm³/mol. The first-order valence-corrected chi connectivity index (χ1v) is 4.88. The third-order valence-electron chi connectivity index (χ3n) is 1.88. The Morgan fingerprint density at radius 2 is 2.46 bits per heavy atom. The zero-order chi connectivity index (χ0) is 9.26. The molecule has 2 aromatic heterocycles. The summed E-state index contributed by atoms with van der Waals surface area (Å²) in [4.78, 5) is 8.38. The number of aromatic amines is 1. The number of aliphatic hydroxyl groups is 1. The number of nitrogens with zero attached hydrogens (tertiary/aromatic N) is 1. The van der Waals surface area contributed by atoms with Crippen molar-refractivity contribution < 1.29 is 5.11 Å². The van der Waals surface area contributed by atoms with Crippen LogP contribution in [0, 0.1) is 6.92 Å². The van der Waals surface area contributed by atoms with Crippen molar-refractivity contribution in [3.8, 4) is 10.7 Å². The molecule has 2 heterocycles. The maximum absolute atomic E-state index is 8.85. The van der Waals surface area contributed by atoms with Gasteiger partial charge in [0.05, 0.1) is 23.4 Å². The lowest BCUT2D eigenvalue weighted by atomic mass is 10.3. The van der Waals surface area contributed by atoms with Crippen LogP contribution in [-0.2, 0) is 6.61 Å². The minimum absolute atomic E-state index is 0.0113. The van der Waals surface area contributed by atoms with Crippen LogP contribution >= 0.6 is 11.3 Å². The van der Waals surface area contributed by atoms with Gasteiger partial charge in [0.15, 0.2) is 0 Å². The van der Waals surface area contributed by atoms with Crippen LogP contribution in [0.4, 0.5) is 0 Å². The summed E-state index contributed by atoms with van der Waals surface area (Å²) in [6.45, 7) is 2.06. The van der Waals surface area contributed by atoms with E-state index in [0.717, 1.165) is 16.4 Å². The number of rotatable bonds is 2. The van der Waals surface area contributed by atoms with Gasteiger partial charge in [0, 0.05) is 0 Å². The van der Waals surface area contributed by atoms with Crippen molar-refractivity contribution in [3.05, 3.63) is 28.9 Å². The molecule has 0 aliphatic heterocycles. The topological polar surface area (TPSA) is 48.9 Å². The van der Waals surface area contributed by atoms with Gasteiger partial charge in [-0.2, -0.15) is 0 Å². The molecule has 0 unspecified atom stereocenters. The van der Waals surface area contributed by atoms with Crippen molar-refractivity contribution in [2.75, 3.05) is 0 Å². The number of imidazole rings is 1. The molecule has 3 nitrogen and oxygen atoms in total. The summed E-state index contributed by atoms with van der Waals surface area (Å²) in [6.07, 6.45) is 1.66. The molecule has 2 aromatic rings. The maximum atomic E-state index is 8.85. The molecular formula is C9H10N2OS. The van der Waals surface area contributed by atoms with Crippen molar-refractivity contribution in [1.29, 1.82) is 0 Å². The first-order valence-electron chi connectivity index (χ1n) is 4.00. The minimum atomic E-state index is 0.0113. The summed E-state index contributed by atoms with van der Waals surface area (Å²) >= 11 is 1.65. The van der Waals surface area contributed by atoms with E-state index < -0.39 is 0 Å². The second-order valence-corrected chi connectivity index (χ2v) is 3.76. The van der Waals surface area contributed by atoms with E-state index in [0.29, 0.717) is 0 Å². The Morgan fingerprint density at radius 1 is 1.62 bits per heavy atom.